The second-order valence-corrected chi connectivity index (χ2v) is 8.29. The van der Waals surface area contributed by atoms with Crippen LogP contribution in [0.15, 0.2) is 109 Å². The molecule has 0 saturated carbocycles. The molecule has 0 fully saturated rings. The molecular weight excluding hydrogens is 439 g/mol. The summed E-state index contributed by atoms with van der Waals surface area (Å²) in [6, 6.07) is 33.7. The highest BCUT2D eigenvalue weighted by Crippen LogP contribution is 2.27. The predicted octanol–water partition coefficient (Wildman–Crippen LogP) is 7.17. The first-order valence-electron chi connectivity index (χ1n) is 10.3. The van der Waals surface area contributed by atoms with E-state index in [9.17, 15) is 4.79 Å². The summed E-state index contributed by atoms with van der Waals surface area (Å²) in [5.41, 5.74) is 3.73. The molecule has 2 atom stereocenters. The van der Waals surface area contributed by atoms with Crippen LogP contribution in [0, 0.1) is 0 Å². The van der Waals surface area contributed by atoms with Crippen molar-refractivity contribution in [2.75, 3.05) is 0 Å². The Labute approximate surface area is 198 Å². The van der Waals surface area contributed by atoms with Crippen LogP contribution in [0.2, 0.25) is 10.0 Å². The van der Waals surface area contributed by atoms with Gasteiger partial charge in [-0.3, -0.25) is 0 Å². The van der Waals surface area contributed by atoms with Crippen molar-refractivity contribution >= 4 is 29.2 Å². The zero-order valence-electron chi connectivity index (χ0n) is 17.2. The first-order chi connectivity index (χ1) is 15.6. The fraction of sp³-hybridized carbons (Fsp3) is 0.0741. The first kappa shape index (κ1) is 21.9. The van der Waals surface area contributed by atoms with Crippen LogP contribution in [0.3, 0.4) is 0 Å². The molecule has 0 spiro atoms. The maximum absolute atomic E-state index is 13.2. The Bertz CT molecular complexity index is 1090. The van der Waals surface area contributed by atoms with E-state index in [0.29, 0.717) is 10.0 Å². The molecule has 2 amide bonds. The number of rotatable bonds is 6. The van der Waals surface area contributed by atoms with Gasteiger partial charge in [0.2, 0.25) is 0 Å². The molecule has 0 aliphatic carbocycles. The molecule has 5 heteroatoms. The summed E-state index contributed by atoms with van der Waals surface area (Å²) in [7, 11) is 0. The molecule has 160 valence electrons. The van der Waals surface area contributed by atoms with E-state index in [1.165, 1.54) is 0 Å². The van der Waals surface area contributed by atoms with Gasteiger partial charge in [0.05, 0.1) is 12.1 Å². The number of halogens is 2. The standard InChI is InChI=1S/C27H22Cl2N2O/c28-23-15-7-13-21(17-23)25(19-9-3-1-4-10-19)30-27(32)31-26(20-11-5-2-6-12-20)22-14-8-16-24(29)18-22/h1-18,25-26H,(H2,30,31,32)/t25-,26+. The van der Waals surface area contributed by atoms with E-state index in [1.54, 1.807) is 0 Å². The van der Waals surface area contributed by atoms with Crippen LogP contribution in [0.1, 0.15) is 34.3 Å². The molecule has 3 nitrogen and oxygen atoms in total. The summed E-state index contributed by atoms with van der Waals surface area (Å²) < 4.78 is 0. The van der Waals surface area contributed by atoms with Gasteiger partial charge in [-0.15, -0.1) is 0 Å². The normalized spacial score (nSPS) is 12.6. The van der Waals surface area contributed by atoms with E-state index in [1.807, 2.05) is 109 Å². The molecule has 0 bridgehead atoms. The van der Waals surface area contributed by atoms with Crippen molar-refractivity contribution in [2.24, 2.45) is 0 Å². The zero-order valence-corrected chi connectivity index (χ0v) is 18.7. The van der Waals surface area contributed by atoms with Gasteiger partial charge in [-0.1, -0.05) is 108 Å². The van der Waals surface area contributed by atoms with E-state index in [4.69, 9.17) is 23.2 Å². The van der Waals surface area contributed by atoms with Crippen molar-refractivity contribution < 1.29 is 4.79 Å². The van der Waals surface area contributed by atoms with Crippen LogP contribution in [0.4, 0.5) is 4.79 Å². The Morgan fingerprint density at radius 1 is 0.531 bits per heavy atom. The smallest absolute Gasteiger partial charge is 0.316 e. The highest BCUT2D eigenvalue weighted by molar-refractivity contribution is 6.30. The predicted molar refractivity (Wildman–Crippen MR) is 131 cm³/mol. The van der Waals surface area contributed by atoms with Gasteiger partial charge >= 0.3 is 6.03 Å². The average molecular weight is 461 g/mol. The SMILES string of the molecule is O=C(N[C@H](c1ccccc1)c1cccc(Cl)c1)N[C@@H](c1ccccc1)c1cccc(Cl)c1. The van der Waals surface area contributed by atoms with E-state index >= 15 is 0 Å². The van der Waals surface area contributed by atoms with Crippen molar-refractivity contribution in [3.63, 3.8) is 0 Å². The average Bonchev–Trinajstić information content (AvgIpc) is 2.82. The fourth-order valence-corrected chi connectivity index (χ4v) is 4.08. The van der Waals surface area contributed by atoms with Gasteiger partial charge < -0.3 is 10.6 Å². The first-order valence-corrected chi connectivity index (χ1v) is 11.0. The Balaban J connectivity index is 1.63. The van der Waals surface area contributed by atoms with Crippen LogP contribution >= 0.6 is 23.2 Å². The third-order valence-electron chi connectivity index (χ3n) is 5.18. The summed E-state index contributed by atoms with van der Waals surface area (Å²) in [5.74, 6) is 0. The van der Waals surface area contributed by atoms with E-state index in [0.717, 1.165) is 22.3 Å². The number of carbonyl (C=O) groups excluding carboxylic acids is 1. The summed E-state index contributed by atoms with van der Waals surface area (Å²) >= 11 is 12.5. The van der Waals surface area contributed by atoms with E-state index in [2.05, 4.69) is 10.6 Å². The lowest BCUT2D eigenvalue weighted by atomic mass is 9.98. The van der Waals surface area contributed by atoms with Crippen LogP contribution in [-0.2, 0) is 0 Å². The van der Waals surface area contributed by atoms with Gasteiger partial charge in [-0.2, -0.15) is 0 Å². The zero-order chi connectivity index (χ0) is 22.3. The maximum Gasteiger partial charge on any atom is 0.316 e. The number of hydrogen-bond donors (Lipinski definition) is 2. The van der Waals surface area contributed by atoms with Crippen molar-refractivity contribution in [3.05, 3.63) is 141 Å². The summed E-state index contributed by atoms with van der Waals surface area (Å²) in [6.07, 6.45) is 0. The highest BCUT2D eigenvalue weighted by atomic mass is 35.5. The third-order valence-corrected chi connectivity index (χ3v) is 5.65. The minimum atomic E-state index is -0.356. The largest absolute Gasteiger partial charge is 0.327 e. The molecular formula is C27H22Cl2N2O. The molecule has 0 aliphatic heterocycles. The Kier molecular flexibility index (Phi) is 7.10. The van der Waals surface area contributed by atoms with Gasteiger partial charge in [0.15, 0.2) is 0 Å². The van der Waals surface area contributed by atoms with Gasteiger partial charge in [0.1, 0.15) is 0 Å². The van der Waals surface area contributed by atoms with E-state index < -0.39 is 0 Å². The second-order valence-electron chi connectivity index (χ2n) is 7.42. The third kappa shape index (κ3) is 5.50. The fourth-order valence-electron chi connectivity index (χ4n) is 3.69. The lowest BCUT2D eigenvalue weighted by Gasteiger charge is -2.24. The molecule has 4 aromatic carbocycles. The molecule has 0 radical (unpaired) electrons. The van der Waals surface area contributed by atoms with Crippen molar-refractivity contribution in [1.29, 1.82) is 0 Å². The van der Waals surface area contributed by atoms with Gasteiger partial charge in [-0.25, -0.2) is 4.79 Å². The molecule has 4 rings (SSSR count). The molecule has 2 N–H and O–H groups in total. The summed E-state index contributed by atoms with van der Waals surface area (Å²) in [5, 5.41) is 7.47. The lowest BCUT2D eigenvalue weighted by molar-refractivity contribution is 0.236. The van der Waals surface area contributed by atoms with E-state index in [-0.39, 0.29) is 18.1 Å². The number of amides is 2. The van der Waals surface area contributed by atoms with Crippen LogP contribution in [0.5, 0.6) is 0 Å². The number of benzene rings is 4. The number of carbonyl (C=O) groups is 1. The Hall–Kier alpha value is -3.27. The summed E-state index contributed by atoms with van der Waals surface area (Å²) in [6.45, 7) is 0. The van der Waals surface area contributed by atoms with Gasteiger partial charge in [-0.05, 0) is 46.5 Å². The van der Waals surface area contributed by atoms with Crippen LogP contribution in [-0.4, -0.2) is 6.03 Å². The van der Waals surface area contributed by atoms with Crippen molar-refractivity contribution in [1.82, 2.24) is 10.6 Å². The number of nitrogens with one attached hydrogen (secondary N) is 2. The molecule has 0 saturated heterocycles. The topological polar surface area (TPSA) is 41.1 Å². The molecule has 0 unspecified atom stereocenters. The Morgan fingerprint density at radius 2 is 0.906 bits per heavy atom. The van der Waals surface area contributed by atoms with Gasteiger partial charge in [0, 0.05) is 10.0 Å². The Morgan fingerprint density at radius 3 is 1.28 bits per heavy atom. The molecule has 0 aromatic heterocycles. The summed E-state index contributed by atoms with van der Waals surface area (Å²) in [4.78, 5) is 13.2. The van der Waals surface area contributed by atoms with Crippen LogP contribution < -0.4 is 10.6 Å². The quantitative estimate of drug-likeness (QED) is 0.314. The van der Waals surface area contributed by atoms with Crippen molar-refractivity contribution in [2.45, 2.75) is 12.1 Å². The molecule has 0 heterocycles. The number of hydrogen-bond acceptors (Lipinski definition) is 1. The minimum absolute atomic E-state index is 0.298. The molecule has 0 aliphatic rings. The second kappa shape index (κ2) is 10.4. The van der Waals surface area contributed by atoms with Crippen molar-refractivity contribution in [3.8, 4) is 0 Å². The van der Waals surface area contributed by atoms with Gasteiger partial charge in [0.25, 0.3) is 0 Å². The maximum atomic E-state index is 13.2. The lowest BCUT2D eigenvalue weighted by Crippen LogP contribution is -2.40. The monoisotopic (exact) mass is 460 g/mol. The minimum Gasteiger partial charge on any atom is -0.327 e. The molecule has 4 aromatic rings. The molecule has 32 heavy (non-hydrogen) atoms. The highest BCUT2D eigenvalue weighted by Gasteiger charge is 2.21. The number of urea groups is 1. The van der Waals surface area contributed by atoms with Crippen LogP contribution in [0.25, 0.3) is 0 Å².